The highest BCUT2D eigenvalue weighted by Crippen LogP contribution is 2.32. The van der Waals surface area contributed by atoms with Crippen LogP contribution in [-0.4, -0.2) is 60.7 Å². The van der Waals surface area contributed by atoms with Gasteiger partial charge in [-0.25, -0.2) is 9.79 Å². The van der Waals surface area contributed by atoms with Gasteiger partial charge in [0.25, 0.3) is 11.2 Å². The third-order valence-electron chi connectivity index (χ3n) is 7.13. The molecular weight excluding hydrogens is 518 g/mol. The molecule has 39 heavy (non-hydrogen) atoms. The van der Waals surface area contributed by atoms with Crippen LogP contribution in [0.2, 0.25) is 0 Å². The summed E-state index contributed by atoms with van der Waals surface area (Å²) in [7, 11) is 3.37. The van der Waals surface area contributed by atoms with Gasteiger partial charge in [0.05, 0.1) is 39.4 Å². The molecule has 0 bridgehead atoms. The van der Waals surface area contributed by atoms with Crippen LogP contribution in [0.25, 0.3) is 6.08 Å². The molecule has 1 aromatic heterocycles. The number of carbonyl (C=O) groups is 1. The van der Waals surface area contributed by atoms with Crippen molar-refractivity contribution in [2.24, 2.45) is 4.99 Å². The van der Waals surface area contributed by atoms with Gasteiger partial charge in [0.2, 0.25) is 0 Å². The van der Waals surface area contributed by atoms with Crippen LogP contribution < -0.4 is 19.8 Å². The molecule has 202 valence electrons. The Kier molecular flexibility index (Phi) is 7.45. The lowest BCUT2D eigenvalue weighted by Crippen LogP contribution is -2.44. The molecule has 0 spiro atoms. The number of ether oxygens (including phenoxy) is 1. The highest BCUT2D eigenvalue weighted by Gasteiger charge is 2.33. The van der Waals surface area contributed by atoms with Crippen LogP contribution in [0.3, 0.4) is 0 Å². The summed E-state index contributed by atoms with van der Waals surface area (Å²) in [5.41, 5.74) is 2.37. The molecule has 0 amide bonds. The Morgan fingerprint density at radius 3 is 2.54 bits per heavy atom. The Hall–Kier alpha value is -4.09. The average molecular weight is 548 g/mol. The predicted molar refractivity (Wildman–Crippen MR) is 150 cm³/mol. The van der Waals surface area contributed by atoms with Crippen LogP contribution >= 0.6 is 11.3 Å². The number of carbonyl (C=O) groups excluding carboxylic acids is 1. The molecule has 2 aliphatic heterocycles. The summed E-state index contributed by atoms with van der Waals surface area (Å²) >= 11 is 1.16. The van der Waals surface area contributed by atoms with E-state index in [0.717, 1.165) is 48.8 Å². The van der Waals surface area contributed by atoms with Gasteiger partial charge in [-0.15, -0.1) is 0 Å². The number of benzene rings is 2. The quantitative estimate of drug-likeness (QED) is 0.265. The average Bonchev–Trinajstić information content (AvgIpc) is 3.26. The van der Waals surface area contributed by atoms with E-state index >= 15 is 0 Å². The molecule has 0 saturated carbocycles. The van der Waals surface area contributed by atoms with Gasteiger partial charge in [-0.3, -0.25) is 19.5 Å². The van der Waals surface area contributed by atoms with Gasteiger partial charge < -0.3 is 14.5 Å². The second-order valence-electron chi connectivity index (χ2n) is 9.49. The number of rotatable bonds is 6. The van der Waals surface area contributed by atoms with Gasteiger partial charge in [0, 0.05) is 37.9 Å². The van der Waals surface area contributed by atoms with E-state index < -0.39 is 16.9 Å². The summed E-state index contributed by atoms with van der Waals surface area (Å²) in [6, 6.07) is 13.6. The number of esters is 1. The highest BCUT2D eigenvalue weighted by molar-refractivity contribution is 7.07. The largest absolute Gasteiger partial charge is 0.466 e. The SMILES string of the molecule is CCC1=C(C(=O)OC)[C@@H](c2ccccc2)n2c(s/c(=C\c3cc(N4CCN(C)CC4)ccc3[N+](=O)[O-])c2=O)=N1. The summed E-state index contributed by atoms with van der Waals surface area (Å²) in [5.74, 6) is -0.547. The Bertz CT molecular complexity index is 1630. The molecule has 10 nitrogen and oxygen atoms in total. The summed E-state index contributed by atoms with van der Waals surface area (Å²) in [5, 5.41) is 11.9. The first-order chi connectivity index (χ1) is 18.8. The third kappa shape index (κ3) is 5.02. The first kappa shape index (κ1) is 26.5. The standard InChI is InChI=1S/C28H29N5O5S/c1-4-21-24(27(35)38-3)25(18-8-6-5-7-9-18)32-26(34)23(39-28(32)29-21)17-19-16-20(10-11-22(19)33(36)37)31-14-12-30(2)13-15-31/h5-11,16-17,25H,4,12-15H2,1-3H3/b23-17-/t25-/m1/s1. The van der Waals surface area contributed by atoms with E-state index in [0.29, 0.717) is 32.6 Å². The number of nitro groups is 1. The molecule has 2 aliphatic rings. The first-order valence-corrected chi connectivity index (χ1v) is 13.5. The van der Waals surface area contributed by atoms with Gasteiger partial charge >= 0.3 is 5.97 Å². The van der Waals surface area contributed by atoms with Crippen molar-refractivity contribution >= 4 is 34.8 Å². The number of hydrogen-bond donors (Lipinski definition) is 0. The van der Waals surface area contributed by atoms with Crippen molar-refractivity contribution in [1.82, 2.24) is 9.47 Å². The fourth-order valence-corrected chi connectivity index (χ4v) is 6.05. The molecule has 5 rings (SSSR count). The molecule has 0 N–H and O–H groups in total. The number of nitrogens with zero attached hydrogens (tertiary/aromatic N) is 5. The fourth-order valence-electron chi connectivity index (χ4n) is 5.04. The predicted octanol–water partition coefficient (Wildman–Crippen LogP) is 2.46. The van der Waals surface area contributed by atoms with Gasteiger partial charge in [0.15, 0.2) is 4.80 Å². The minimum Gasteiger partial charge on any atom is -0.466 e. The molecular formula is C28H29N5O5S. The Balaban J connectivity index is 1.69. The molecule has 1 fully saturated rings. The molecule has 2 aromatic carbocycles. The lowest BCUT2D eigenvalue weighted by molar-refractivity contribution is -0.385. The number of likely N-dealkylation sites (N-methyl/N-ethyl adjacent to an activating group) is 1. The summed E-state index contributed by atoms with van der Waals surface area (Å²) in [6.45, 7) is 5.30. The topological polar surface area (TPSA) is 110 Å². The molecule has 3 aromatic rings. The first-order valence-electron chi connectivity index (χ1n) is 12.7. The lowest BCUT2D eigenvalue weighted by atomic mass is 9.95. The number of aromatic nitrogens is 1. The normalized spacial score (nSPS) is 18.1. The number of anilines is 1. The Morgan fingerprint density at radius 2 is 1.90 bits per heavy atom. The maximum atomic E-state index is 13.9. The van der Waals surface area contributed by atoms with Crippen molar-refractivity contribution in [3.8, 4) is 0 Å². The number of allylic oxidation sites excluding steroid dienone is 1. The van der Waals surface area contributed by atoms with E-state index in [1.807, 2.05) is 37.3 Å². The van der Waals surface area contributed by atoms with E-state index in [4.69, 9.17) is 4.74 Å². The summed E-state index contributed by atoms with van der Waals surface area (Å²) < 4.78 is 6.89. The van der Waals surface area contributed by atoms with Crippen LogP contribution in [0.4, 0.5) is 11.4 Å². The van der Waals surface area contributed by atoms with Gasteiger partial charge in [-0.05, 0) is 37.2 Å². The maximum absolute atomic E-state index is 13.9. The van der Waals surface area contributed by atoms with Crippen molar-refractivity contribution in [3.63, 3.8) is 0 Å². The molecule has 0 radical (unpaired) electrons. The molecule has 0 unspecified atom stereocenters. The molecule has 1 atom stereocenters. The molecule has 1 saturated heterocycles. The second kappa shape index (κ2) is 11.0. The number of fused-ring (bicyclic) bond motifs is 1. The third-order valence-corrected chi connectivity index (χ3v) is 8.11. The van der Waals surface area contributed by atoms with E-state index in [1.54, 1.807) is 18.2 Å². The number of thiazole rings is 1. The number of hydrogen-bond acceptors (Lipinski definition) is 9. The van der Waals surface area contributed by atoms with E-state index in [2.05, 4.69) is 21.8 Å². The second-order valence-corrected chi connectivity index (χ2v) is 10.5. The minimum atomic E-state index is -0.723. The van der Waals surface area contributed by atoms with Gasteiger partial charge in [-0.2, -0.15) is 0 Å². The summed E-state index contributed by atoms with van der Waals surface area (Å²) in [4.78, 5) is 47.8. The van der Waals surface area contributed by atoms with Crippen LogP contribution in [0.15, 0.2) is 69.6 Å². The van der Waals surface area contributed by atoms with Crippen LogP contribution in [0.5, 0.6) is 0 Å². The van der Waals surface area contributed by atoms with Crippen LogP contribution in [0, 0.1) is 10.1 Å². The van der Waals surface area contributed by atoms with Gasteiger partial charge in [0.1, 0.15) is 0 Å². The van der Waals surface area contributed by atoms with Crippen molar-refractivity contribution in [2.45, 2.75) is 19.4 Å². The van der Waals surface area contributed by atoms with Crippen molar-refractivity contribution < 1.29 is 14.5 Å². The minimum absolute atomic E-state index is 0.0807. The molecule has 0 aliphatic carbocycles. The maximum Gasteiger partial charge on any atom is 0.338 e. The zero-order valence-corrected chi connectivity index (χ0v) is 22.8. The Morgan fingerprint density at radius 1 is 1.18 bits per heavy atom. The van der Waals surface area contributed by atoms with E-state index in [1.165, 1.54) is 17.7 Å². The Labute approximate surface area is 228 Å². The zero-order chi connectivity index (χ0) is 27.7. The van der Waals surface area contributed by atoms with Crippen molar-refractivity contribution in [3.05, 3.63) is 101 Å². The molecule has 11 heteroatoms. The number of piperazine rings is 1. The van der Waals surface area contributed by atoms with Crippen molar-refractivity contribution in [1.29, 1.82) is 0 Å². The summed E-state index contributed by atoms with van der Waals surface area (Å²) in [6.07, 6.45) is 2.04. The van der Waals surface area contributed by atoms with E-state index in [9.17, 15) is 19.7 Å². The fraction of sp³-hybridized carbons (Fsp3) is 0.321. The smallest absolute Gasteiger partial charge is 0.338 e. The number of methoxy groups -OCH3 is 1. The molecule has 3 heterocycles. The van der Waals surface area contributed by atoms with Crippen LogP contribution in [0.1, 0.15) is 30.5 Å². The van der Waals surface area contributed by atoms with Crippen LogP contribution in [-0.2, 0) is 9.53 Å². The monoisotopic (exact) mass is 547 g/mol. The lowest BCUT2D eigenvalue weighted by Gasteiger charge is -2.34. The highest BCUT2D eigenvalue weighted by atomic mass is 32.1. The number of nitro benzene ring substituents is 1. The van der Waals surface area contributed by atoms with Crippen molar-refractivity contribution in [2.75, 3.05) is 45.2 Å². The van der Waals surface area contributed by atoms with E-state index in [-0.39, 0.29) is 11.2 Å². The zero-order valence-electron chi connectivity index (χ0n) is 22.0. The van der Waals surface area contributed by atoms with Gasteiger partial charge in [-0.1, -0.05) is 48.6 Å².